The van der Waals surface area contributed by atoms with Gasteiger partial charge in [-0.05, 0) is 44.0 Å². The number of hydrogen-bond acceptors (Lipinski definition) is 4. The van der Waals surface area contributed by atoms with Crippen molar-refractivity contribution in [3.05, 3.63) is 70.9 Å². The van der Waals surface area contributed by atoms with E-state index in [0.717, 1.165) is 29.4 Å². The van der Waals surface area contributed by atoms with Gasteiger partial charge in [-0.3, -0.25) is 9.78 Å². The molecule has 0 saturated heterocycles. The van der Waals surface area contributed by atoms with E-state index in [1.54, 1.807) is 30.3 Å². The third kappa shape index (κ3) is 3.85. The van der Waals surface area contributed by atoms with Crippen molar-refractivity contribution in [3.8, 4) is 0 Å². The Balaban J connectivity index is 1.54. The predicted molar refractivity (Wildman–Crippen MR) is 109 cm³/mol. The van der Waals surface area contributed by atoms with Crippen LogP contribution in [0.3, 0.4) is 0 Å². The van der Waals surface area contributed by atoms with Crippen LogP contribution in [0.2, 0.25) is 5.02 Å². The maximum Gasteiger partial charge on any atom is 0.339 e. The molecule has 2 aromatic carbocycles. The second-order valence-electron chi connectivity index (χ2n) is 6.90. The van der Waals surface area contributed by atoms with E-state index in [2.05, 4.69) is 10.3 Å². The summed E-state index contributed by atoms with van der Waals surface area (Å²) in [6, 6.07) is 16.2. The van der Waals surface area contributed by atoms with Crippen LogP contribution in [0.15, 0.2) is 54.6 Å². The Morgan fingerprint density at radius 2 is 1.86 bits per heavy atom. The molecule has 1 fully saturated rings. The van der Waals surface area contributed by atoms with Crippen LogP contribution in [0.5, 0.6) is 0 Å². The van der Waals surface area contributed by atoms with Gasteiger partial charge in [0.05, 0.1) is 21.8 Å². The summed E-state index contributed by atoms with van der Waals surface area (Å²) in [7, 11) is 0. The largest absolute Gasteiger partial charge is 0.449 e. The summed E-state index contributed by atoms with van der Waals surface area (Å²) in [5.41, 5.74) is 2.57. The molecule has 0 aliphatic heterocycles. The van der Waals surface area contributed by atoms with Gasteiger partial charge < -0.3 is 10.1 Å². The molecular formula is C22H19ClN2O3. The van der Waals surface area contributed by atoms with Crippen molar-refractivity contribution >= 4 is 40.1 Å². The number of aromatic nitrogens is 1. The van der Waals surface area contributed by atoms with Crippen molar-refractivity contribution in [3.63, 3.8) is 0 Å². The van der Waals surface area contributed by atoms with Gasteiger partial charge in [0.1, 0.15) is 0 Å². The number of carbonyl (C=O) groups excluding carboxylic acids is 2. The first-order valence-electron chi connectivity index (χ1n) is 9.19. The first-order valence-corrected chi connectivity index (χ1v) is 9.57. The average molecular weight is 395 g/mol. The Hall–Kier alpha value is -2.92. The molecule has 4 rings (SSSR count). The Labute approximate surface area is 167 Å². The maximum absolute atomic E-state index is 12.8. The van der Waals surface area contributed by atoms with Crippen molar-refractivity contribution in [2.45, 2.75) is 31.8 Å². The Bertz CT molecular complexity index is 1060. The second kappa shape index (κ2) is 7.60. The molecule has 0 radical (unpaired) electrons. The van der Waals surface area contributed by atoms with Gasteiger partial charge in [0.2, 0.25) is 0 Å². The van der Waals surface area contributed by atoms with E-state index in [4.69, 9.17) is 16.3 Å². The molecule has 3 aromatic rings. The second-order valence-corrected chi connectivity index (χ2v) is 7.31. The monoisotopic (exact) mass is 394 g/mol. The van der Waals surface area contributed by atoms with Crippen LogP contribution in [0.1, 0.15) is 41.7 Å². The average Bonchev–Trinajstić information content (AvgIpc) is 3.54. The quantitative estimate of drug-likeness (QED) is 0.621. The van der Waals surface area contributed by atoms with Crippen molar-refractivity contribution < 1.29 is 14.3 Å². The third-order valence-corrected chi connectivity index (χ3v) is 5.07. The number of benzene rings is 2. The number of rotatable bonds is 5. The number of ether oxygens (including phenoxy) is 1. The summed E-state index contributed by atoms with van der Waals surface area (Å²) in [5, 5.41) is 3.82. The van der Waals surface area contributed by atoms with Gasteiger partial charge >= 0.3 is 5.97 Å². The van der Waals surface area contributed by atoms with E-state index in [1.807, 2.05) is 24.3 Å². The number of anilines is 1. The van der Waals surface area contributed by atoms with E-state index >= 15 is 0 Å². The molecule has 0 spiro atoms. The van der Waals surface area contributed by atoms with Crippen LogP contribution in [0.4, 0.5) is 5.69 Å². The number of nitrogens with zero attached hydrogens (tertiary/aromatic N) is 1. The van der Waals surface area contributed by atoms with Crippen LogP contribution in [-0.4, -0.2) is 23.0 Å². The molecule has 0 bridgehead atoms. The van der Waals surface area contributed by atoms with Crippen molar-refractivity contribution in [1.29, 1.82) is 0 Å². The topological polar surface area (TPSA) is 68.3 Å². The fourth-order valence-corrected chi connectivity index (χ4v) is 3.21. The number of esters is 1. The third-order valence-electron chi connectivity index (χ3n) is 4.74. The zero-order chi connectivity index (χ0) is 19.7. The van der Waals surface area contributed by atoms with Crippen molar-refractivity contribution in [2.75, 3.05) is 5.32 Å². The lowest BCUT2D eigenvalue weighted by Gasteiger charge is -2.15. The van der Waals surface area contributed by atoms with Crippen LogP contribution >= 0.6 is 11.6 Å². The van der Waals surface area contributed by atoms with Gasteiger partial charge in [-0.2, -0.15) is 0 Å². The lowest BCUT2D eigenvalue weighted by Crippen LogP contribution is -2.30. The molecule has 6 heteroatoms. The summed E-state index contributed by atoms with van der Waals surface area (Å²) in [6.07, 6.45) is 1.19. The van der Waals surface area contributed by atoms with Crippen LogP contribution in [-0.2, 0) is 9.53 Å². The number of amides is 1. The molecule has 1 aromatic heterocycles. The first kappa shape index (κ1) is 18.4. The molecule has 142 valence electrons. The fourth-order valence-electron chi connectivity index (χ4n) is 3.03. The Morgan fingerprint density at radius 1 is 1.14 bits per heavy atom. The molecule has 1 N–H and O–H groups in total. The highest BCUT2D eigenvalue weighted by Gasteiger charge is 2.28. The van der Waals surface area contributed by atoms with E-state index in [9.17, 15) is 9.59 Å². The minimum Gasteiger partial charge on any atom is -0.449 e. The number of nitrogens with one attached hydrogen (secondary N) is 1. The molecule has 1 unspecified atom stereocenters. The van der Waals surface area contributed by atoms with E-state index in [0.29, 0.717) is 22.2 Å². The lowest BCUT2D eigenvalue weighted by atomic mass is 10.1. The van der Waals surface area contributed by atoms with Gasteiger partial charge in [0.15, 0.2) is 6.10 Å². The predicted octanol–water partition coefficient (Wildman–Crippen LogP) is 4.95. The Morgan fingerprint density at radius 3 is 2.61 bits per heavy atom. The van der Waals surface area contributed by atoms with Gasteiger partial charge in [0, 0.05) is 17.0 Å². The SMILES string of the molecule is CC(OC(=O)c1cc(C2CC2)nc2ccccc12)C(=O)Nc1ccccc1Cl. The number of pyridine rings is 1. The summed E-state index contributed by atoms with van der Waals surface area (Å²) in [4.78, 5) is 29.9. The molecule has 28 heavy (non-hydrogen) atoms. The van der Waals surface area contributed by atoms with Gasteiger partial charge in [-0.1, -0.05) is 41.9 Å². The highest BCUT2D eigenvalue weighted by molar-refractivity contribution is 6.33. The molecule has 1 atom stereocenters. The molecule has 1 saturated carbocycles. The molecule has 1 aliphatic carbocycles. The fraction of sp³-hybridized carbons (Fsp3) is 0.227. The first-order chi connectivity index (χ1) is 13.5. The molecule has 1 amide bonds. The van der Waals surface area contributed by atoms with Gasteiger partial charge in [-0.15, -0.1) is 0 Å². The van der Waals surface area contributed by atoms with Gasteiger partial charge in [0.25, 0.3) is 5.91 Å². The summed E-state index contributed by atoms with van der Waals surface area (Å²) < 4.78 is 5.45. The minimum atomic E-state index is -0.972. The summed E-state index contributed by atoms with van der Waals surface area (Å²) in [5.74, 6) is -0.582. The number of fused-ring (bicyclic) bond motifs is 1. The highest BCUT2D eigenvalue weighted by Crippen LogP contribution is 2.40. The minimum absolute atomic E-state index is 0.400. The highest BCUT2D eigenvalue weighted by atomic mass is 35.5. The lowest BCUT2D eigenvalue weighted by molar-refractivity contribution is -0.123. The summed E-state index contributed by atoms with van der Waals surface area (Å²) in [6.45, 7) is 1.54. The summed E-state index contributed by atoms with van der Waals surface area (Å²) >= 11 is 6.06. The molecular weight excluding hydrogens is 376 g/mol. The van der Waals surface area contributed by atoms with Crippen molar-refractivity contribution in [2.24, 2.45) is 0 Å². The number of halogens is 1. The number of hydrogen-bond donors (Lipinski definition) is 1. The standard InChI is InChI=1S/C22H19ClN2O3/c1-13(21(26)25-19-9-5-3-7-17(19)23)28-22(27)16-12-20(14-10-11-14)24-18-8-4-2-6-15(16)18/h2-9,12-14H,10-11H2,1H3,(H,25,26). The van der Waals surface area contributed by atoms with Crippen LogP contribution in [0, 0.1) is 0 Å². The Kier molecular flexibility index (Phi) is 5.01. The smallest absolute Gasteiger partial charge is 0.339 e. The number of carbonyl (C=O) groups is 2. The van der Waals surface area contributed by atoms with Crippen molar-refractivity contribution in [1.82, 2.24) is 4.98 Å². The number of para-hydroxylation sites is 2. The van der Waals surface area contributed by atoms with E-state index < -0.39 is 18.0 Å². The molecule has 5 nitrogen and oxygen atoms in total. The maximum atomic E-state index is 12.8. The molecule has 1 heterocycles. The molecule has 1 aliphatic rings. The zero-order valence-electron chi connectivity index (χ0n) is 15.3. The van der Waals surface area contributed by atoms with Crippen LogP contribution in [0.25, 0.3) is 10.9 Å². The van der Waals surface area contributed by atoms with E-state index in [1.165, 1.54) is 6.92 Å². The zero-order valence-corrected chi connectivity index (χ0v) is 16.1. The van der Waals surface area contributed by atoms with Crippen LogP contribution < -0.4 is 5.32 Å². The van der Waals surface area contributed by atoms with Gasteiger partial charge in [-0.25, -0.2) is 4.79 Å². The normalized spacial score (nSPS) is 14.5. The van der Waals surface area contributed by atoms with E-state index in [-0.39, 0.29) is 0 Å².